The van der Waals surface area contributed by atoms with Gasteiger partial charge in [0.15, 0.2) is 11.5 Å². The summed E-state index contributed by atoms with van der Waals surface area (Å²) >= 11 is 12.3. The molecule has 3 aromatic heterocycles. The van der Waals surface area contributed by atoms with Crippen LogP contribution >= 0.6 is 23.2 Å². The highest BCUT2D eigenvalue weighted by molar-refractivity contribution is 6.31. The molecule has 1 aliphatic heterocycles. The van der Waals surface area contributed by atoms with Crippen LogP contribution in [0, 0.1) is 11.6 Å². The average molecular weight is 1040 g/mol. The number of aliphatic hydroxyl groups is 1. The number of carbonyl (C=O) groups excluding carboxylic acids is 6. The lowest BCUT2D eigenvalue weighted by molar-refractivity contribution is -0.190. The largest absolute Gasteiger partial charge is 0.383 e. The normalized spacial score (nSPS) is 12.9. The van der Waals surface area contributed by atoms with E-state index in [9.17, 15) is 38.3 Å². The predicted octanol–water partition coefficient (Wildman–Crippen LogP) is 4.86. The highest BCUT2D eigenvalue weighted by Crippen LogP contribution is 2.35. The van der Waals surface area contributed by atoms with Gasteiger partial charge in [0.1, 0.15) is 42.3 Å². The summed E-state index contributed by atoms with van der Waals surface area (Å²) in [6.07, 6.45) is 4.67. The highest BCUT2D eigenvalue weighted by atomic mass is 35.5. The molecule has 8 rings (SSSR count). The van der Waals surface area contributed by atoms with Gasteiger partial charge in [-0.25, -0.2) is 18.7 Å². The van der Waals surface area contributed by atoms with Crippen molar-refractivity contribution in [1.82, 2.24) is 50.0 Å². The molecule has 378 valence electrons. The van der Waals surface area contributed by atoms with E-state index in [1.165, 1.54) is 57.8 Å². The number of halogens is 4. The first-order valence-electron chi connectivity index (χ1n) is 22.7. The van der Waals surface area contributed by atoms with E-state index in [4.69, 9.17) is 33.7 Å². The molecule has 0 bridgehead atoms. The number of carbonyl (C=O) groups is 6. The number of primary amides is 1. The quantitative estimate of drug-likeness (QED) is 0.0794. The van der Waals surface area contributed by atoms with Gasteiger partial charge in [-0.2, -0.15) is 10.2 Å². The molecule has 4 aromatic carbocycles. The van der Waals surface area contributed by atoms with Crippen LogP contribution in [0.1, 0.15) is 52.9 Å². The van der Waals surface area contributed by atoms with E-state index in [0.717, 1.165) is 16.0 Å². The second kappa shape index (κ2) is 21.6. The Morgan fingerprint density at radius 2 is 1.42 bits per heavy atom. The molecule has 0 spiro atoms. The Kier molecular flexibility index (Phi) is 15.2. The summed E-state index contributed by atoms with van der Waals surface area (Å²) in [7, 11) is 0. The van der Waals surface area contributed by atoms with Crippen LogP contribution in [0.4, 0.5) is 8.78 Å². The Balaban J connectivity index is 0.986. The average Bonchev–Trinajstić information content (AvgIpc) is 3.91. The monoisotopic (exact) mass is 1040 g/mol. The second-order valence-corrected chi connectivity index (χ2v) is 18.6. The summed E-state index contributed by atoms with van der Waals surface area (Å²) in [5, 5.41) is 25.2. The van der Waals surface area contributed by atoms with Gasteiger partial charge >= 0.3 is 0 Å². The SMILES string of the molecule is CC(=O)c1nn(CC(=O)N(CC(=O)NCc2cc(-c3cccc4c3c(C(N)=O)nn4CC(=O)N(CC(=O)NCc3cccc(Cl)c3F)CC3(O)COC3)cc(Cl)c2F)C(C)C)c2ccc(-c3cncnc3)cc12. The first-order chi connectivity index (χ1) is 34.8. The number of ether oxygens (including phenoxy) is 1. The third-order valence-electron chi connectivity index (χ3n) is 12.1. The predicted molar refractivity (Wildman–Crippen MR) is 264 cm³/mol. The van der Waals surface area contributed by atoms with Crippen molar-refractivity contribution in [2.75, 3.05) is 32.8 Å². The van der Waals surface area contributed by atoms with Crippen molar-refractivity contribution in [3.63, 3.8) is 0 Å². The van der Waals surface area contributed by atoms with Gasteiger partial charge in [0.25, 0.3) is 5.91 Å². The molecular weight excluding hydrogens is 992 g/mol. The van der Waals surface area contributed by atoms with Crippen molar-refractivity contribution >= 4 is 80.3 Å². The van der Waals surface area contributed by atoms with Crippen LogP contribution in [0.25, 0.3) is 44.1 Å². The first kappa shape index (κ1) is 51.6. The van der Waals surface area contributed by atoms with Crippen LogP contribution in [0.5, 0.6) is 0 Å². The number of benzene rings is 4. The molecule has 1 aliphatic rings. The number of nitrogens with zero attached hydrogens (tertiary/aromatic N) is 8. The maximum absolute atomic E-state index is 15.8. The molecule has 4 heterocycles. The fraction of sp³-hybridized carbons (Fsp3) is 0.280. The van der Waals surface area contributed by atoms with Gasteiger partial charge in [-0.1, -0.05) is 53.5 Å². The Hall–Kier alpha value is -7.72. The first-order valence-corrected chi connectivity index (χ1v) is 23.4. The van der Waals surface area contributed by atoms with E-state index in [1.54, 1.807) is 62.6 Å². The lowest BCUT2D eigenvalue weighted by Gasteiger charge is -2.40. The van der Waals surface area contributed by atoms with Crippen LogP contribution < -0.4 is 16.4 Å². The van der Waals surface area contributed by atoms with E-state index >= 15 is 4.39 Å². The minimum absolute atomic E-state index is 0.0513. The zero-order chi connectivity index (χ0) is 52.3. The number of hydrogen-bond donors (Lipinski definition) is 4. The molecule has 1 saturated heterocycles. The summed E-state index contributed by atoms with van der Waals surface area (Å²) in [6.45, 7) is 1.90. The summed E-state index contributed by atoms with van der Waals surface area (Å²) in [5.74, 6) is -5.31. The second-order valence-electron chi connectivity index (χ2n) is 17.8. The maximum atomic E-state index is 15.8. The third kappa shape index (κ3) is 11.3. The van der Waals surface area contributed by atoms with Crippen LogP contribution in [0.3, 0.4) is 0 Å². The van der Waals surface area contributed by atoms with E-state index < -0.39 is 72.4 Å². The van der Waals surface area contributed by atoms with Crippen molar-refractivity contribution in [3.05, 3.63) is 130 Å². The third-order valence-corrected chi connectivity index (χ3v) is 12.7. The van der Waals surface area contributed by atoms with Crippen molar-refractivity contribution in [3.8, 4) is 22.3 Å². The molecule has 0 atom stereocenters. The van der Waals surface area contributed by atoms with Crippen molar-refractivity contribution in [2.24, 2.45) is 5.73 Å². The highest BCUT2D eigenvalue weighted by Gasteiger charge is 2.40. The Morgan fingerprint density at radius 3 is 2.10 bits per heavy atom. The molecule has 23 heteroatoms. The Labute approximate surface area is 425 Å². The smallest absolute Gasteiger partial charge is 0.269 e. The van der Waals surface area contributed by atoms with Crippen molar-refractivity contribution < 1.29 is 47.4 Å². The zero-order valence-electron chi connectivity index (χ0n) is 39.5. The summed E-state index contributed by atoms with van der Waals surface area (Å²) in [4.78, 5) is 90.7. The minimum Gasteiger partial charge on any atom is -0.383 e. The molecular formula is C50H47Cl2F2N11O8. The fourth-order valence-corrected chi connectivity index (χ4v) is 8.85. The lowest BCUT2D eigenvalue weighted by Crippen LogP contribution is -2.59. The van der Waals surface area contributed by atoms with Gasteiger partial charge in [0.2, 0.25) is 23.6 Å². The Morgan fingerprint density at radius 1 is 0.781 bits per heavy atom. The molecule has 0 saturated carbocycles. The number of nitrogens with one attached hydrogen (secondary N) is 2. The molecule has 1 fully saturated rings. The van der Waals surface area contributed by atoms with Gasteiger partial charge in [0.05, 0.1) is 53.9 Å². The van der Waals surface area contributed by atoms with E-state index in [0.29, 0.717) is 16.5 Å². The molecule has 0 unspecified atom stereocenters. The van der Waals surface area contributed by atoms with E-state index in [1.807, 2.05) is 0 Å². The summed E-state index contributed by atoms with van der Waals surface area (Å²) < 4.78 is 38.1. The number of aromatic nitrogens is 6. The number of fused-ring (bicyclic) bond motifs is 2. The van der Waals surface area contributed by atoms with Gasteiger partial charge in [-0.15, -0.1) is 0 Å². The molecule has 5 N–H and O–H groups in total. The fourth-order valence-electron chi connectivity index (χ4n) is 8.41. The van der Waals surface area contributed by atoms with E-state index in [2.05, 4.69) is 30.8 Å². The van der Waals surface area contributed by atoms with Crippen LogP contribution in [0.15, 0.2) is 85.5 Å². The Bertz CT molecular complexity index is 3330. The molecule has 19 nitrogen and oxygen atoms in total. The number of nitrogens with two attached hydrogens (primary N) is 1. The molecule has 73 heavy (non-hydrogen) atoms. The standard InChI is InChI=1S/C50H47Cl2F2N11O8/c1-27(2)63(43(70)22-64-38-11-10-29(33-15-56-26-57-16-33)13-35(38)47(60-64)28(3)66)20-41(68)59-18-32-12-31(14-37(52)46(32)54)34-7-5-9-39-44(34)48(49(55)71)61-65(39)21-42(69)62(23-50(72)24-73-25-50)19-40(67)58-17-30-6-4-8-36(51)45(30)53/h4-16,26-27,72H,17-25H2,1-3H3,(H2,55,71)(H,58,67)(H,59,68). The topological polar surface area (TPSA) is 250 Å². The molecule has 5 amide bonds. The molecule has 0 aliphatic carbocycles. The van der Waals surface area contributed by atoms with Crippen molar-refractivity contribution in [1.29, 1.82) is 0 Å². The number of hydrogen-bond acceptors (Lipinski definition) is 12. The zero-order valence-corrected chi connectivity index (χ0v) is 41.0. The van der Waals surface area contributed by atoms with Gasteiger partial charge in [0, 0.05) is 65.9 Å². The van der Waals surface area contributed by atoms with Crippen LogP contribution in [0.2, 0.25) is 10.0 Å². The lowest BCUT2D eigenvalue weighted by atomic mass is 9.97. The minimum atomic E-state index is -1.46. The van der Waals surface area contributed by atoms with Gasteiger partial charge < -0.3 is 36.0 Å². The van der Waals surface area contributed by atoms with Gasteiger partial charge in [-0.05, 0) is 66.9 Å². The number of rotatable bonds is 19. The number of ketones is 1. The van der Waals surface area contributed by atoms with E-state index in [-0.39, 0.29) is 94.2 Å². The van der Waals surface area contributed by atoms with Crippen LogP contribution in [-0.4, -0.2) is 124 Å². The van der Waals surface area contributed by atoms with Gasteiger partial charge in [-0.3, -0.25) is 38.1 Å². The number of Topliss-reactive ketones (excluding diaryl/α,β-unsaturated/α-hetero) is 1. The summed E-state index contributed by atoms with van der Waals surface area (Å²) in [6, 6.07) is 16.7. The maximum Gasteiger partial charge on any atom is 0.269 e. The molecule has 0 radical (unpaired) electrons. The number of amides is 5. The summed E-state index contributed by atoms with van der Waals surface area (Å²) in [5.41, 5.74) is 7.17. The van der Waals surface area contributed by atoms with Crippen LogP contribution in [-0.2, 0) is 50.1 Å². The van der Waals surface area contributed by atoms with Crippen molar-refractivity contribution in [2.45, 2.75) is 58.6 Å². The molecule has 7 aromatic rings.